The maximum absolute atomic E-state index is 11.8. The molecule has 0 radical (unpaired) electrons. The Balaban J connectivity index is 1.78. The SMILES string of the molecule is Cc1ccc(C)c(OCCNC(=O)Nc2ccc(Cl)cc2)c1C. The second-order valence-corrected chi connectivity index (χ2v) is 5.83. The van der Waals surface area contributed by atoms with Crippen LogP contribution in [0.1, 0.15) is 16.7 Å². The fourth-order valence-corrected chi connectivity index (χ4v) is 2.30. The Labute approximate surface area is 141 Å². The fourth-order valence-electron chi connectivity index (χ4n) is 2.17. The van der Waals surface area contributed by atoms with Gasteiger partial charge in [0.05, 0.1) is 6.54 Å². The lowest BCUT2D eigenvalue weighted by molar-refractivity contribution is 0.247. The van der Waals surface area contributed by atoms with Crippen LogP contribution in [0.4, 0.5) is 10.5 Å². The molecule has 4 nitrogen and oxygen atoms in total. The van der Waals surface area contributed by atoms with E-state index in [9.17, 15) is 4.79 Å². The number of benzene rings is 2. The summed E-state index contributed by atoms with van der Waals surface area (Å²) in [5.41, 5.74) is 4.12. The van der Waals surface area contributed by atoms with Gasteiger partial charge < -0.3 is 15.4 Å². The first-order valence-electron chi connectivity index (χ1n) is 7.47. The van der Waals surface area contributed by atoms with Gasteiger partial charge in [-0.3, -0.25) is 0 Å². The minimum atomic E-state index is -0.270. The Bertz CT molecular complexity index is 684. The van der Waals surface area contributed by atoms with Gasteiger partial charge in [-0.1, -0.05) is 23.7 Å². The third-order valence-corrected chi connectivity index (χ3v) is 3.86. The number of rotatable bonds is 5. The van der Waals surface area contributed by atoms with E-state index in [0.29, 0.717) is 23.9 Å². The van der Waals surface area contributed by atoms with Crippen LogP contribution in [0.25, 0.3) is 0 Å². The van der Waals surface area contributed by atoms with E-state index < -0.39 is 0 Å². The number of carbonyl (C=O) groups excluding carboxylic acids is 1. The first-order chi connectivity index (χ1) is 11.0. The fraction of sp³-hybridized carbons (Fsp3) is 0.278. The molecule has 0 saturated heterocycles. The van der Waals surface area contributed by atoms with Gasteiger partial charge in [0, 0.05) is 10.7 Å². The molecule has 0 aromatic heterocycles. The van der Waals surface area contributed by atoms with Gasteiger partial charge in [0.2, 0.25) is 0 Å². The predicted molar refractivity (Wildman–Crippen MR) is 94.6 cm³/mol. The summed E-state index contributed by atoms with van der Waals surface area (Å²) in [6.45, 7) is 6.95. The lowest BCUT2D eigenvalue weighted by atomic mass is 10.1. The first kappa shape index (κ1) is 17.2. The number of amides is 2. The summed E-state index contributed by atoms with van der Waals surface area (Å²) < 4.78 is 5.80. The molecule has 0 fully saturated rings. The highest BCUT2D eigenvalue weighted by Crippen LogP contribution is 2.25. The lowest BCUT2D eigenvalue weighted by Crippen LogP contribution is -2.32. The molecule has 2 aromatic carbocycles. The van der Waals surface area contributed by atoms with E-state index in [-0.39, 0.29) is 6.03 Å². The van der Waals surface area contributed by atoms with E-state index in [1.54, 1.807) is 24.3 Å². The lowest BCUT2D eigenvalue weighted by Gasteiger charge is -2.14. The molecule has 0 saturated carbocycles. The molecule has 0 atom stereocenters. The van der Waals surface area contributed by atoms with Crippen LogP contribution in [0.15, 0.2) is 36.4 Å². The van der Waals surface area contributed by atoms with Gasteiger partial charge in [0.1, 0.15) is 12.4 Å². The molecule has 2 amide bonds. The van der Waals surface area contributed by atoms with Crippen LogP contribution in [-0.4, -0.2) is 19.2 Å². The quantitative estimate of drug-likeness (QED) is 0.794. The molecule has 0 spiro atoms. The van der Waals surface area contributed by atoms with E-state index in [1.165, 1.54) is 5.56 Å². The predicted octanol–water partition coefficient (Wildman–Crippen LogP) is 4.47. The number of nitrogens with one attached hydrogen (secondary N) is 2. The molecule has 2 aromatic rings. The van der Waals surface area contributed by atoms with E-state index in [2.05, 4.69) is 23.6 Å². The number of carbonyl (C=O) groups is 1. The Hall–Kier alpha value is -2.20. The molecule has 122 valence electrons. The first-order valence-corrected chi connectivity index (χ1v) is 7.85. The molecule has 0 unspecified atom stereocenters. The molecule has 0 heterocycles. The minimum Gasteiger partial charge on any atom is -0.491 e. The van der Waals surface area contributed by atoms with Gasteiger partial charge in [0.15, 0.2) is 0 Å². The van der Waals surface area contributed by atoms with E-state index >= 15 is 0 Å². The summed E-state index contributed by atoms with van der Waals surface area (Å²) in [4.78, 5) is 11.8. The number of aryl methyl sites for hydroxylation is 2. The second kappa shape index (κ2) is 7.88. The van der Waals surface area contributed by atoms with Crippen LogP contribution in [-0.2, 0) is 0 Å². The maximum Gasteiger partial charge on any atom is 0.319 e. The molecule has 2 rings (SSSR count). The zero-order valence-electron chi connectivity index (χ0n) is 13.6. The highest BCUT2D eigenvalue weighted by Gasteiger charge is 2.06. The van der Waals surface area contributed by atoms with E-state index in [4.69, 9.17) is 16.3 Å². The molecule has 0 aliphatic heterocycles. The van der Waals surface area contributed by atoms with Crippen LogP contribution < -0.4 is 15.4 Å². The Kier molecular flexibility index (Phi) is 5.88. The van der Waals surface area contributed by atoms with Crippen molar-refractivity contribution in [1.29, 1.82) is 0 Å². The topological polar surface area (TPSA) is 50.4 Å². The van der Waals surface area contributed by atoms with Crippen molar-refractivity contribution < 1.29 is 9.53 Å². The molecule has 0 aliphatic rings. The number of urea groups is 1. The van der Waals surface area contributed by atoms with Crippen molar-refractivity contribution >= 4 is 23.3 Å². The molecule has 23 heavy (non-hydrogen) atoms. The van der Waals surface area contributed by atoms with Crippen molar-refractivity contribution in [3.05, 3.63) is 58.1 Å². The highest BCUT2D eigenvalue weighted by molar-refractivity contribution is 6.30. The Morgan fingerprint density at radius 3 is 2.39 bits per heavy atom. The third kappa shape index (κ3) is 4.89. The zero-order valence-corrected chi connectivity index (χ0v) is 14.3. The van der Waals surface area contributed by atoms with Gasteiger partial charge in [0.25, 0.3) is 0 Å². The number of halogens is 1. The summed E-state index contributed by atoms with van der Waals surface area (Å²) in [7, 11) is 0. The Morgan fingerprint density at radius 1 is 1.04 bits per heavy atom. The summed E-state index contributed by atoms with van der Waals surface area (Å²) in [6.07, 6.45) is 0. The Morgan fingerprint density at radius 2 is 1.70 bits per heavy atom. The standard InChI is InChI=1S/C18H21ClN2O2/c1-12-4-5-13(2)17(14(12)3)23-11-10-20-18(22)21-16-8-6-15(19)7-9-16/h4-9H,10-11H2,1-3H3,(H2,20,21,22). The average molecular weight is 333 g/mol. The van der Waals surface area contributed by atoms with Crippen molar-refractivity contribution in [2.45, 2.75) is 20.8 Å². The van der Waals surface area contributed by atoms with Gasteiger partial charge >= 0.3 is 6.03 Å². The molecule has 2 N–H and O–H groups in total. The highest BCUT2D eigenvalue weighted by atomic mass is 35.5. The van der Waals surface area contributed by atoms with Crippen molar-refractivity contribution in [3.63, 3.8) is 0 Å². The molecule has 0 aliphatic carbocycles. The van der Waals surface area contributed by atoms with Crippen LogP contribution in [0.3, 0.4) is 0 Å². The van der Waals surface area contributed by atoms with Crippen molar-refractivity contribution in [1.82, 2.24) is 5.32 Å². The summed E-state index contributed by atoms with van der Waals surface area (Å²) in [6, 6.07) is 10.8. The van der Waals surface area contributed by atoms with Crippen LogP contribution >= 0.6 is 11.6 Å². The van der Waals surface area contributed by atoms with E-state index in [1.807, 2.05) is 19.9 Å². The minimum absolute atomic E-state index is 0.270. The third-order valence-electron chi connectivity index (χ3n) is 3.61. The van der Waals surface area contributed by atoms with Crippen LogP contribution in [0.5, 0.6) is 5.75 Å². The summed E-state index contributed by atoms with van der Waals surface area (Å²) in [5.74, 6) is 0.893. The van der Waals surface area contributed by atoms with Crippen molar-refractivity contribution in [3.8, 4) is 5.75 Å². The zero-order chi connectivity index (χ0) is 16.8. The number of hydrogen-bond acceptors (Lipinski definition) is 2. The van der Waals surface area contributed by atoms with E-state index in [0.717, 1.165) is 16.9 Å². The average Bonchev–Trinajstić information content (AvgIpc) is 2.52. The van der Waals surface area contributed by atoms with Gasteiger partial charge in [-0.2, -0.15) is 0 Å². The molecule has 0 bridgehead atoms. The summed E-state index contributed by atoms with van der Waals surface area (Å²) in [5, 5.41) is 6.13. The van der Waals surface area contributed by atoms with Crippen molar-refractivity contribution in [2.75, 3.05) is 18.5 Å². The smallest absolute Gasteiger partial charge is 0.319 e. The normalized spacial score (nSPS) is 10.3. The van der Waals surface area contributed by atoms with Crippen LogP contribution in [0, 0.1) is 20.8 Å². The summed E-state index contributed by atoms with van der Waals surface area (Å²) >= 11 is 5.80. The number of hydrogen-bond donors (Lipinski definition) is 2. The van der Waals surface area contributed by atoms with Gasteiger partial charge in [-0.15, -0.1) is 0 Å². The van der Waals surface area contributed by atoms with Gasteiger partial charge in [-0.25, -0.2) is 4.79 Å². The van der Waals surface area contributed by atoms with Crippen molar-refractivity contribution in [2.24, 2.45) is 0 Å². The number of ether oxygens (including phenoxy) is 1. The molecular formula is C18H21ClN2O2. The second-order valence-electron chi connectivity index (χ2n) is 5.39. The maximum atomic E-state index is 11.8. The molecule has 5 heteroatoms. The number of anilines is 1. The molecular weight excluding hydrogens is 312 g/mol. The monoisotopic (exact) mass is 332 g/mol. The van der Waals surface area contributed by atoms with Gasteiger partial charge in [-0.05, 0) is 61.7 Å². The largest absolute Gasteiger partial charge is 0.491 e. The van der Waals surface area contributed by atoms with Crippen LogP contribution in [0.2, 0.25) is 5.02 Å².